The van der Waals surface area contributed by atoms with Gasteiger partial charge < -0.3 is 25.3 Å². The molecule has 19 heavy (non-hydrogen) atoms. The van der Waals surface area contributed by atoms with Crippen molar-refractivity contribution >= 4 is 28.9 Å². The molecule has 102 valence electrons. The van der Waals surface area contributed by atoms with Gasteiger partial charge in [-0.15, -0.1) is 0 Å². The minimum Gasteiger partial charge on any atom is -0.378 e. The molecule has 1 saturated heterocycles. The second-order valence-electron chi connectivity index (χ2n) is 4.66. The predicted octanol–water partition coefficient (Wildman–Crippen LogP) is -0.162. The Hall–Kier alpha value is -2.09. The molecule has 0 radical (unpaired) electrons. The van der Waals surface area contributed by atoms with E-state index in [0.717, 1.165) is 24.4 Å². The summed E-state index contributed by atoms with van der Waals surface area (Å²) in [5.74, 6) is 1.82. The SMILES string of the molecule is CN(C)c1nc(N2CCOCC2)c2[nH]c(N)nc2n1. The van der Waals surface area contributed by atoms with Crippen molar-refractivity contribution in [2.75, 3.05) is 55.9 Å². The normalized spacial score (nSPS) is 16.0. The van der Waals surface area contributed by atoms with Crippen LogP contribution in [-0.4, -0.2) is 60.3 Å². The first kappa shape index (κ1) is 12.0. The van der Waals surface area contributed by atoms with E-state index in [1.165, 1.54) is 0 Å². The largest absolute Gasteiger partial charge is 0.378 e. The molecule has 0 amide bonds. The van der Waals surface area contributed by atoms with Crippen LogP contribution in [0.25, 0.3) is 11.2 Å². The number of fused-ring (bicyclic) bond motifs is 1. The van der Waals surface area contributed by atoms with Crippen LogP contribution in [0.1, 0.15) is 0 Å². The van der Waals surface area contributed by atoms with Gasteiger partial charge in [-0.05, 0) is 0 Å². The number of H-pyrrole nitrogens is 1. The lowest BCUT2D eigenvalue weighted by Gasteiger charge is -2.28. The zero-order chi connectivity index (χ0) is 13.4. The third-order valence-corrected chi connectivity index (χ3v) is 3.05. The lowest BCUT2D eigenvalue weighted by atomic mass is 10.3. The van der Waals surface area contributed by atoms with Crippen LogP contribution in [0, 0.1) is 0 Å². The van der Waals surface area contributed by atoms with E-state index < -0.39 is 0 Å². The summed E-state index contributed by atoms with van der Waals surface area (Å²) in [5.41, 5.74) is 7.10. The number of hydrogen-bond donors (Lipinski definition) is 2. The molecule has 1 aliphatic rings. The minimum atomic E-state index is 0.356. The van der Waals surface area contributed by atoms with Gasteiger partial charge in [-0.3, -0.25) is 0 Å². The zero-order valence-corrected chi connectivity index (χ0v) is 11.1. The molecule has 0 aromatic carbocycles. The number of nitrogens with one attached hydrogen (secondary N) is 1. The molecule has 0 spiro atoms. The lowest BCUT2D eigenvalue weighted by Crippen LogP contribution is -2.37. The summed E-state index contributed by atoms with van der Waals surface area (Å²) in [6.07, 6.45) is 0. The fraction of sp³-hybridized carbons (Fsp3) is 0.545. The maximum absolute atomic E-state index is 5.72. The van der Waals surface area contributed by atoms with Gasteiger partial charge >= 0.3 is 0 Å². The Morgan fingerprint density at radius 3 is 2.63 bits per heavy atom. The Balaban J connectivity index is 2.13. The molecule has 0 aliphatic carbocycles. The molecule has 1 fully saturated rings. The lowest BCUT2D eigenvalue weighted by molar-refractivity contribution is 0.122. The second-order valence-corrected chi connectivity index (χ2v) is 4.66. The summed E-state index contributed by atoms with van der Waals surface area (Å²) in [6, 6.07) is 0. The molecule has 0 atom stereocenters. The van der Waals surface area contributed by atoms with Crippen LogP contribution < -0.4 is 15.5 Å². The summed E-state index contributed by atoms with van der Waals surface area (Å²) >= 11 is 0. The summed E-state index contributed by atoms with van der Waals surface area (Å²) in [4.78, 5) is 20.2. The molecule has 0 unspecified atom stereocenters. The number of imidazole rings is 1. The highest BCUT2D eigenvalue weighted by atomic mass is 16.5. The highest BCUT2D eigenvalue weighted by Crippen LogP contribution is 2.25. The summed E-state index contributed by atoms with van der Waals surface area (Å²) in [7, 11) is 3.81. The third-order valence-electron chi connectivity index (χ3n) is 3.05. The molecule has 8 heteroatoms. The van der Waals surface area contributed by atoms with Crippen LogP contribution in [-0.2, 0) is 4.74 Å². The molecule has 8 nitrogen and oxygen atoms in total. The molecule has 3 heterocycles. The van der Waals surface area contributed by atoms with Crippen molar-refractivity contribution in [1.29, 1.82) is 0 Å². The highest BCUT2D eigenvalue weighted by Gasteiger charge is 2.20. The fourth-order valence-electron chi connectivity index (χ4n) is 2.09. The molecule has 1 aliphatic heterocycles. The molecule has 0 saturated carbocycles. The minimum absolute atomic E-state index is 0.356. The number of aromatic amines is 1. The number of ether oxygens (including phenoxy) is 1. The van der Waals surface area contributed by atoms with Gasteiger partial charge in [0, 0.05) is 27.2 Å². The standard InChI is InChI=1S/C11H17N7O/c1-17(2)11-15-8-7(13-10(12)14-8)9(16-11)18-3-5-19-6-4-18/h3-6H2,1-2H3,(H3,12,13,14,15,16). The van der Waals surface area contributed by atoms with Crippen molar-refractivity contribution in [2.24, 2.45) is 0 Å². The molecule has 3 rings (SSSR count). The molecular weight excluding hydrogens is 246 g/mol. The van der Waals surface area contributed by atoms with Crippen molar-refractivity contribution in [3.8, 4) is 0 Å². The highest BCUT2D eigenvalue weighted by molar-refractivity contribution is 5.86. The van der Waals surface area contributed by atoms with E-state index in [9.17, 15) is 0 Å². The number of rotatable bonds is 2. The number of aromatic nitrogens is 4. The van der Waals surface area contributed by atoms with Gasteiger partial charge in [0.2, 0.25) is 5.95 Å². The molecule has 2 aromatic heterocycles. The van der Waals surface area contributed by atoms with E-state index in [4.69, 9.17) is 10.5 Å². The van der Waals surface area contributed by atoms with Gasteiger partial charge in [0.25, 0.3) is 0 Å². The van der Waals surface area contributed by atoms with Crippen molar-refractivity contribution in [1.82, 2.24) is 19.9 Å². The first-order chi connectivity index (χ1) is 9.15. The number of nitrogen functional groups attached to an aromatic ring is 1. The van der Waals surface area contributed by atoms with E-state index in [-0.39, 0.29) is 0 Å². The van der Waals surface area contributed by atoms with Crippen LogP contribution in [0.4, 0.5) is 17.7 Å². The molecule has 3 N–H and O–H groups in total. The monoisotopic (exact) mass is 263 g/mol. The van der Waals surface area contributed by atoms with Crippen LogP contribution in [0.3, 0.4) is 0 Å². The van der Waals surface area contributed by atoms with E-state index >= 15 is 0 Å². The second kappa shape index (κ2) is 4.54. The average molecular weight is 263 g/mol. The predicted molar refractivity (Wildman–Crippen MR) is 73.5 cm³/mol. The molecular formula is C11H17N7O. The fourth-order valence-corrected chi connectivity index (χ4v) is 2.09. The number of morpholine rings is 1. The third kappa shape index (κ3) is 2.14. The van der Waals surface area contributed by atoms with Gasteiger partial charge in [-0.25, -0.2) is 0 Å². The molecule has 2 aromatic rings. The topological polar surface area (TPSA) is 96.2 Å². The summed E-state index contributed by atoms with van der Waals surface area (Å²) in [6.45, 7) is 3.01. The molecule has 0 bridgehead atoms. The van der Waals surface area contributed by atoms with Crippen molar-refractivity contribution in [3.05, 3.63) is 0 Å². The van der Waals surface area contributed by atoms with Gasteiger partial charge in [-0.1, -0.05) is 0 Å². The smallest absolute Gasteiger partial charge is 0.228 e. The maximum Gasteiger partial charge on any atom is 0.228 e. The Labute approximate surface area is 110 Å². The van der Waals surface area contributed by atoms with Crippen molar-refractivity contribution in [3.63, 3.8) is 0 Å². The van der Waals surface area contributed by atoms with E-state index in [1.54, 1.807) is 0 Å². The van der Waals surface area contributed by atoms with E-state index in [2.05, 4.69) is 24.8 Å². The Kier molecular flexibility index (Phi) is 2.86. The first-order valence-corrected chi connectivity index (χ1v) is 6.18. The van der Waals surface area contributed by atoms with Crippen LogP contribution >= 0.6 is 0 Å². The number of nitrogens with zero attached hydrogens (tertiary/aromatic N) is 5. The summed E-state index contributed by atoms with van der Waals surface area (Å²) < 4.78 is 5.37. The van der Waals surface area contributed by atoms with Gasteiger partial charge in [-0.2, -0.15) is 15.0 Å². The number of anilines is 3. The quantitative estimate of drug-likeness (QED) is 0.777. The maximum atomic E-state index is 5.72. The number of nitrogens with two attached hydrogens (primary N) is 1. The van der Waals surface area contributed by atoms with E-state index in [0.29, 0.717) is 30.8 Å². The Morgan fingerprint density at radius 2 is 1.95 bits per heavy atom. The Morgan fingerprint density at radius 1 is 1.21 bits per heavy atom. The van der Waals surface area contributed by atoms with Gasteiger partial charge in [0.05, 0.1) is 13.2 Å². The van der Waals surface area contributed by atoms with Crippen molar-refractivity contribution in [2.45, 2.75) is 0 Å². The van der Waals surface area contributed by atoms with Crippen LogP contribution in [0.5, 0.6) is 0 Å². The van der Waals surface area contributed by atoms with E-state index in [1.807, 2.05) is 19.0 Å². The summed E-state index contributed by atoms with van der Waals surface area (Å²) in [5, 5.41) is 0. The van der Waals surface area contributed by atoms with Gasteiger partial charge in [0.1, 0.15) is 5.52 Å². The van der Waals surface area contributed by atoms with Gasteiger partial charge in [0.15, 0.2) is 17.4 Å². The van der Waals surface area contributed by atoms with Crippen LogP contribution in [0.15, 0.2) is 0 Å². The average Bonchev–Trinajstić information content (AvgIpc) is 2.78. The zero-order valence-electron chi connectivity index (χ0n) is 11.1. The first-order valence-electron chi connectivity index (χ1n) is 6.18. The van der Waals surface area contributed by atoms with Crippen molar-refractivity contribution < 1.29 is 4.74 Å². The Bertz CT molecular complexity index is 588. The van der Waals surface area contributed by atoms with Crippen LogP contribution in [0.2, 0.25) is 0 Å². The number of hydrogen-bond acceptors (Lipinski definition) is 7.